The molecule has 0 amide bonds. The molecule has 0 unspecified atom stereocenters. The minimum absolute atomic E-state index is 0.0638. The minimum atomic E-state index is 0.0638. The zero-order valence-corrected chi connectivity index (χ0v) is 31.1. The van der Waals surface area contributed by atoms with Gasteiger partial charge in [-0.2, -0.15) is 0 Å². The van der Waals surface area contributed by atoms with E-state index in [1.807, 2.05) is 0 Å². The van der Waals surface area contributed by atoms with Crippen LogP contribution in [0.1, 0.15) is 202 Å². The summed E-state index contributed by atoms with van der Waals surface area (Å²) in [5.41, 5.74) is 2.54. The van der Waals surface area contributed by atoms with Crippen LogP contribution in [0.2, 0.25) is 0 Å². The van der Waals surface area contributed by atoms with Crippen LogP contribution in [0.25, 0.3) is 0 Å². The van der Waals surface area contributed by atoms with Crippen LogP contribution in [0, 0.1) is 46.3 Å². The van der Waals surface area contributed by atoms with Gasteiger partial charge < -0.3 is 4.74 Å². The quantitative estimate of drug-likeness (QED) is 0.0581. The van der Waals surface area contributed by atoms with E-state index in [4.69, 9.17) is 4.74 Å². The monoisotopic (exact) mass is 627 g/mol. The Kier molecular flexibility index (Phi) is 14.9. The molecule has 0 spiro atoms. The first-order valence-electron chi connectivity index (χ1n) is 20.6. The number of hydrogen-bond donors (Lipinski definition) is 0. The molecule has 0 aromatic heterocycles. The molecule has 0 aromatic carbocycles. The summed E-state index contributed by atoms with van der Waals surface area (Å²) in [4.78, 5) is 12.8. The standard InChI is InChI=1S/C43H76O2/c1-7-8-9-10-11-12-13-14-15-16-17-18-19-23-41(44)45-36-28-30-42(5)35(32-36)24-25-37-39-27-26-38(34(4)22-20-21-33(2)3)43(39,6)31-29-40(37)42/h24,33-34,36-40H,7-23,25-32H2,1-6H3/t34-,36+,37+,38-,39+,40+,42+,43-/m1/s1/i36+1,41+1. The Morgan fingerprint density at radius 1 is 0.778 bits per heavy atom. The summed E-state index contributed by atoms with van der Waals surface area (Å²) in [6.07, 6.45) is 35.4. The number of carbonyl (C=O) groups is 1. The van der Waals surface area contributed by atoms with E-state index >= 15 is 0 Å². The molecule has 2 nitrogen and oxygen atoms in total. The van der Waals surface area contributed by atoms with Crippen LogP contribution in [-0.4, -0.2) is 12.1 Å². The molecule has 0 aliphatic heterocycles. The number of carbonyl (C=O) groups excluding carboxylic acids is 1. The first kappa shape index (κ1) is 37.0. The maximum atomic E-state index is 12.8. The Balaban J connectivity index is 1.14. The van der Waals surface area contributed by atoms with Gasteiger partial charge in [0, 0.05) is 12.8 Å². The Hall–Kier alpha value is -0.790. The lowest BCUT2D eigenvalue weighted by Crippen LogP contribution is -2.51. The lowest BCUT2D eigenvalue weighted by atomic mass is 9.47. The second-order valence-corrected chi connectivity index (χ2v) is 17.6. The highest BCUT2D eigenvalue weighted by Gasteiger charge is 2.59. The summed E-state index contributed by atoms with van der Waals surface area (Å²) in [6, 6.07) is 0. The van der Waals surface area contributed by atoms with Crippen molar-refractivity contribution in [2.45, 2.75) is 208 Å². The number of esters is 1. The van der Waals surface area contributed by atoms with Crippen molar-refractivity contribution in [1.82, 2.24) is 0 Å². The summed E-state index contributed by atoms with van der Waals surface area (Å²) < 4.78 is 6.12. The zero-order chi connectivity index (χ0) is 32.3. The van der Waals surface area contributed by atoms with Gasteiger partial charge in [-0.25, -0.2) is 0 Å². The highest BCUT2D eigenvalue weighted by molar-refractivity contribution is 5.69. The van der Waals surface area contributed by atoms with Crippen LogP contribution in [0.4, 0.5) is 0 Å². The molecule has 0 radical (unpaired) electrons. The third-order valence-electron chi connectivity index (χ3n) is 14.0. The fourth-order valence-corrected chi connectivity index (χ4v) is 11.3. The van der Waals surface area contributed by atoms with Crippen molar-refractivity contribution in [3.63, 3.8) is 0 Å². The van der Waals surface area contributed by atoms with Crippen molar-refractivity contribution in [2.75, 3.05) is 0 Å². The first-order chi connectivity index (χ1) is 21.7. The SMILES string of the molecule is CCCCCCCCCCCCCCC[13C](=O)O[13C@H]1CC[C@@]2(C)C(=CC[C@H]3[C@@H]4CC[C@H]([C@H](C)CCCC(C)C)[C@@]4(C)CC[C@@H]32)C1. The van der Waals surface area contributed by atoms with E-state index in [2.05, 4.69) is 47.6 Å². The van der Waals surface area contributed by atoms with Crippen LogP contribution in [-0.2, 0) is 9.53 Å². The van der Waals surface area contributed by atoms with E-state index in [0.29, 0.717) is 17.3 Å². The number of fused-ring (bicyclic) bond motifs is 5. The molecule has 8 atom stereocenters. The minimum Gasteiger partial charge on any atom is -0.462 e. The highest BCUT2D eigenvalue weighted by Crippen LogP contribution is 2.67. The molecule has 3 fully saturated rings. The number of rotatable bonds is 20. The smallest absolute Gasteiger partial charge is 0.306 e. The van der Waals surface area contributed by atoms with E-state index < -0.39 is 0 Å². The average molecular weight is 627 g/mol. The van der Waals surface area contributed by atoms with Gasteiger partial charge in [0.15, 0.2) is 0 Å². The number of ether oxygens (including phenoxy) is 1. The second kappa shape index (κ2) is 18.1. The Morgan fingerprint density at radius 3 is 2.07 bits per heavy atom. The molecule has 4 aliphatic rings. The molecule has 4 rings (SSSR count). The van der Waals surface area contributed by atoms with Crippen molar-refractivity contribution >= 4 is 5.97 Å². The molecule has 4 aliphatic carbocycles. The predicted octanol–water partition coefficient (Wildman–Crippen LogP) is 13.4. The summed E-state index contributed by atoms with van der Waals surface area (Å²) in [5, 5.41) is 0. The Bertz CT molecular complexity index is 904. The summed E-state index contributed by atoms with van der Waals surface area (Å²) in [6.45, 7) is 14.9. The van der Waals surface area contributed by atoms with Gasteiger partial charge in [-0.05, 0) is 97.7 Å². The molecule has 0 N–H and O–H groups in total. The van der Waals surface area contributed by atoms with E-state index in [0.717, 1.165) is 54.8 Å². The molecule has 0 bridgehead atoms. The third-order valence-corrected chi connectivity index (χ3v) is 14.0. The van der Waals surface area contributed by atoms with E-state index in [-0.39, 0.29) is 12.1 Å². The van der Waals surface area contributed by atoms with Gasteiger partial charge in [0.2, 0.25) is 0 Å². The molecular formula is C43H76O2. The third kappa shape index (κ3) is 9.87. The van der Waals surface area contributed by atoms with Crippen molar-refractivity contribution in [1.29, 1.82) is 0 Å². The topological polar surface area (TPSA) is 26.3 Å². The van der Waals surface area contributed by atoms with E-state index in [1.54, 1.807) is 5.57 Å². The molecule has 260 valence electrons. The molecule has 3 saturated carbocycles. The summed E-state index contributed by atoms with van der Waals surface area (Å²) >= 11 is 0. The van der Waals surface area contributed by atoms with Crippen molar-refractivity contribution < 1.29 is 9.53 Å². The lowest BCUT2D eigenvalue weighted by Gasteiger charge is -2.58. The van der Waals surface area contributed by atoms with Crippen molar-refractivity contribution in [3.05, 3.63) is 11.6 Å². The second-order valence-electron chi connectivity index (χ2n) is 17.6. The maximum Gasteiger partial charge on any atom is 0.306 e. The van der Waals surface area contributed by atoms with Crippen LogP contribution in [0.15, 0.2) is 11.6 Å². The number of unbranched alkanes of at least 4 members (excludes halogenated alkanes) is 12. The highest BCUT2D eigenvalue weighted by atomic mass is 16.7. The fraction of sp³-hybridized carbons (Fsp3) is 0.930. The number of hydrogen-bond acceptors (Lipinski definition) is 2. The average Bonchev–Trinajstić information content (AvgIpc) is 3.37. The van der Waals surface area contributed by atoms with Crippen molar-refractivity contribution in [3.8, 4) is 0 Å². The summed E-state index contributed by atoms with van der Waals surface area (Å²) in [7, 11) is 0. The fourth-order valence-electron chi connectivity index (χ4n) is 11.3. The van der Waals surface area contributed by atoms with Crippen LogP contribution in [0.5, 0.6) is 0 Å². The summed E-state index contributed by atoms with van der Waals surface area (Å²) in [5.74, 6) is 5.34. The molecule has 0 heterocycles. The van der Waals surface area contributed by atoms with Gasteiger partial charge in [-0.1, -0.05) is 150 Å². The molecule has 45 heavy (non-hydrogen) atoms. The Labute approximate surface area is 281 Å². The van der Waals surface area contributed by atoms with Gasteiger partial charge >= 0.3 is 5.97 Å². The van der Waals surface area contributed by atoms with Crippen LogP contribution >= 0.6 is 0 Å². The normalized spacial score (nSPS) is 33.3. The van der Waals surface area contributed by atoms with Gasteiger partial charge in [-0.15, -0.1) is 0 Å². The van der Waals surface area contributed by atoms with Gasteiger partial charge in [-0.3, -0.25) is 4.79 Å². The molecular weight excluding hydrogens is 550 g/mol. The van der Waals surface area contributed by atoms with Crippen molar-refractivity contribution in [2.24, 2.45) is 46.3 Å². The zero-order valence-electron chi connectivity index (χ0n) is 31.1. The van der Waals surface area contributed by atoms with Crippen LogP contribution in [0.3, 0.4) is 0 Å². The first-order valence-corrected chi connectivity index (χ1v) is 20.6. The van der Waals surface area contributed by atoms with E-state index in [1.165, 1.54) is 135 Å². The maximum absolute atomic E-state index is 12.8. The van der Waals surface area contributed by atoms with E-state index in [9.17, 15) is 4.79 Å². The molecule has 2 heteroatoms. The van der Waals surface area contributed by atoms with Gasteiger partial charge in [0.05, 0.1) is 0 Å². The lowest BCUT2D eigenvalue weighted by molar-refractivity contribution is -0.151. The molecule has 0 aromatic rings. The van der Waals surface area contributed by atoms with Gasteiger partial charge in [0.25, 0.3) is 0 Å². The Morgan fingerprint density at radius 2 is 1.42 bits per heavy atom. The number of allylic oxidation sites excluding steroid dienone is 1. The van der Waals surface area contributed by atoms with Crippen LogP contribution < -0.4 is 0 Å². The van der Waals surface area contributed by atoms with Gasteiger partial charge in [0.1, 0.15) is 6.10 Å². The molecule has 0 saturated heterocycles. The predicted molar refractivity (Wildman–Crippen MR) is 193 cm³/mol. The largest absolute Gasteiger partial charge is 0.462 e.